The van der Waals surface area contributed by atoms with E-state index in [4.69, 9.17) is 9.84 Å². The number of carboxylic acids is 1. The molecular weight excluding hydrogens is 174 g/mol. The van der Waals surface area contributed by atoms with Crippen LogP contribution in [0.2, 0.25) is 0 Å². The predicted octanol–water partition coefficient (Wildman–Crippen LogP) is -0.163. The molecule has 0 aliphatic carbocycles. The Balaban J connectivity index is 2.25. The maximum atomic E-state index is 10.1. The van der Waals surface area contributed by atoms with Crippen molar-refractivity contribution in [3.8, 4) is 0 Å². The molecule has 0 bridgehead atoms. The first-order chi connectivity index (χ1) is 6.18. The Hall–Kier alpha value is -1.43. The number of aromatic nitrogens is 3. The molecule has 0 fully saturated rings. The van der Waals surface area contributed by atoms with Crippen molar-refractivity contribution in [2.24, 2.45) is 0 Å². The molecule has 2 N–H and O–H groups in total. The van der Waals surface area contributed by atoms with Gasteiger partial charge in [-0.15, -0.1) is 5.10 Å². The molecule has 0 unspecified atom stereocenters. The molecule has 6 heteroatoms. The van der Waals surface area contributed by atoms with E-state index >= 15 is 0 Å². The molecule has 1 aromatic rings. The third-order valence-corrected chi connectivity index (χ3v) is 1.46. The number of ether oxygens (including phenoxy) is 1. The van der Waals surface area contributed by atoms with Gasteiger partial charge < -0.3 is 9.84 Å². The normalized spacial score (nSPS) is 12.7. The average Bonchev–Trinajstić information content (AvgIpc) is 2.53. The predicted molar refractivity (Wildman–Crippen MR) is 43.1 cm³/mol. The summed E-state index contributed by atoms with van der Waals surface area (Å²) in [4.78, 5) is 10.1. The number of aliphatic carboxylic acids is 1. The van der Waals surface area contributed by atoms with Crippen LogP contribution in [0.1, 0.15) is 12.6 Å². The average molecular weight is 185 g/mol. The van der Waals surface area contributed by atoms with Crippen LogP contribution in [0.5, 0.6) is 0 Å². The fraction of sp³-hybridized carbons (Fsp3) is 0.571. The van der Waals surface area contributed by atoms with E-state index in [1.807, 2.05) is 0 Å². The van der Waals surface area contributed by atoms with Crippen LogP contribution in [0.3, 0.4) is 0 Å². The minimum absolute atomic E-state index is 0.154. The smallest absolute Gasteiger partial charge is 0.329 e. The number of rotatable bonds is 5. The van der Waals surface area contributed by atoms with Crippen molar-refractivity contribution in [1.29, 1.82) is 0 Å². The number of hydrogen-bond acceptors (Lipinski definition) is 4. The summed E-state index contributed by atoms with van der Waals surface area (Å²) in [6.45, 7) is 1.52. The van der Waals surface area contributed by atoms with Crippen LogP contribution in [0.25, 0.3) is 0 Å². The summed E-state index contributed by atoms with van der Waals surface area (Å²) < 4.78 is 5.00. The summed E-state index contributed by atoms with van der Waals surface area (Å²) in [7, 11) is 0. The Morgan fingerprint density at radius 1 is 1.85 bits per heavy atom. The summed E-state index contributed by atoms with van der Waals surface area (Å²) in [5.41, 5.74) is 0.831. The molecule has 0 amide bonds. The van der Waals surface area contributed by atoms with Gasteiger partial charge in [0.15, 0.2) is 0 Å². The van der Waals surface area contributed by atoms with Gasteiger partial charge in [-0.05, 0) is 6.92 Å². The van der Waals surface area contributed by atoms with Crippen LogP contribution in [-0.4, -0.2) is 39.2 Å². The monoisotopic (exact) mass is 185 g/mol. The van der Waals surface area contributed by atoms with Crippen molar-refractivity contribution in [3.05, 3.63) is 11.9 Å². The second-order valence-electron chi connectivity index (χ2n) is 2.70. The van der Waals surface area contributed by atoms with E-state index in [9.17, 15) is 4.79 Å². The summed E-state index contributed by atoms with van der Waals surface area (Å²) in [6, 6.07) is 0. The van der Waals surface area contributed by atoms with Crippen molar-refractivity contribution < 1.29 is 14.6 Å². The van der Waals surface area contributed by atoms with Gasteiger partial charge in [0.2, 0.25) is 0 Å². The molecule has 6 nitrogen and oxygen atoms in total. The first-order valence-electron chi connectivity index (χ1n) is 3.87. The molecule has 1 heterocycles. The molecule has 0 aromatic carbocycles. The van der Waals surface area contributed by atoms with Crippen LogP contribution in [0.15, 0.2) is 6.20 Å². The number of nitrogens with zero attached hydrogens (tertiary/aromatic N) is 2. The van der Waals surface area contributed by atoms with E-state index < -0.39 is 5.97 Å². The molecule has 72 valence electrons. The van der Waals surface area contributed by atoms with Gasteiger partial charge in [0, 0.05) is 6.42 Å². The topological polar surface area (TPSA) is 88.1 Å². The largest absolute Gasteiger partial charge is 0.480 e. The highest BCUT2D eigenvalue weighted by atomic mass is 16.5. The lowest BCUT2D eigenvalue weighted by atomic mass is 10.2. The van der Waals surface area contributed by atoms with Gasteiger partial charge in [0.1, 0.15) is 6.61 Å². The molecule has 0 saturated carbocycles. The number of aromatic amines is 1. The van der Waals surface area contributed by atoms with Crippen molar-refractivity contribution in [3.63, 3.8) is 0 Å². The fourth-order valence-corrected chi connectivity index (χ4v) is 0.901. The lowest BCUT2D eigenvalue weighted by molar-refractivity contribution is -0.144. The number of H-pyrrole nitrogens is 1. The standard InChI is InChI=1S/C7H11N3O3/c1-5(13-4-7(11)12)2-6-3-8-10-9-6/h3,5H,2,4H2,1H3,(H,11,12)(H,8,9,10)/t5-/m1/s1. The zero-order valence-electron chi connectivity index (χ0n) is 7.23. The van der Waals surface area contributed by atoms with E-state index in [1.165, 1.54) is 0 Å². The SMILES string of the molecule is C[C@H](Cc1cnn[nH]1)OCC(=O)O. The van der Waals surface area contributed by atoms with E-state index in [0.717, 1.165) is 5.69 Å². The zero-order valence-corrected chi connectivity index (χ0v) is 7.23. The third-order valence-electron chi connectivity index (χ3n) is 1.46. The molecule has 0 aliphatic heterocycles. The third kappa shape index (κ3) is 3.66. The van der Waals surface area contributed by atoms with Crippen LogP contribution in [0, 0.1) is 0 Å². The highest BCUT2D eigenvalue weighted by Crippen LogP contribution is 2.00. The van der Waals surface area contributed by atoms with E-state index in [-0.39, 0.29) is 12.7 Å². The molecule has 1 rings (SSSR count). The first-order valence-corrected chi connectivity index (χ1v) is 3.87. The molecule has 0 spiro atoms. The van der Waals surface area contributed by atoms with Gasteiger partial charge in [0.05, 0.1) is 18.0 Å². The molecular formula is C7H11N3O3. The van der Waals surface area contributed by atoms with Crippen LogP contribution in [-0.2, 0) is 16.0 Å². The van der Waals surface area contributed by atoms with Gasteiger partial charge >= 0.3 is 5.97 Å². The number of carbonyl (C=O) groups is 1. The van der Waals surface area contributed by atoms with Gasteiger partial charge in [-0.2, -0.15) is 0 Å². The van der Waals surface area contributed by atoms with Crippen LogP contribution in [0.4, 0.5) is 0 Å². The van der Waals surface area contributed by atoms with E-state index in [2.05, 4.69) is 15.4 Å². The Bertz CT molecular complexity index is 260. The Kier molecular flexibility index (Phi) is 3.39. The second-order valence-corrected chi connectivity index (χ2v) is 2.70. The van der Waals surface area contributed by atoms with Gasteiger partial charge in [0.25, 0.3) is 0 Å². The van der Waals surface area contributed by atoms with Gasteiger partial charge in [-0.1, -0.05) is 5.21 Å². The van der Waals surface area contributed by atoms with E-state index in [0.29, 0.717) is 6.42 Å². The molecule has 1 aromatic heterocycles. The Morgan fingerprint density at radius 3 is 3.15 bits per heavy atom. The molecule has 0 radical (unpaired) electrons. The molecule has 0 saturated heterocycles. The van der Waals surface area contributed by atoms with Crippen LogP contribution >= 0.6 is 0 Å². The van der Waals surface area contributed by atoms with Crippen molar-refractivity contribution in [2.45, 2.75) is 19.4 Å². The van der Waals surface area contributed by atoms with Crippen molar-refractivity contribution in [1.82, 2.24) is 15.4 Å². The number of carboxylic acid groups (broad SMARTS) is 1. The van der Waals surface area contributed by atoms with E-state index in [1.54, 1.807) is 13.1 Å². The number of hydrogen-bond donors (Lipinski definition) is 2. The maximum Gasteiger partial charge on any atom is 0.329 e. The highest BCUT2D eigenvalue weighted by molar-refractivity contribution is 5.68. The lowest BCUT2D eigenvalue weighted by Gasteiger charge is -2.08. The molecule has 13 heavy (non-hydrogen) atoms. The fourth-order valence-electron chi connectivity index (χ4n) is 0.901. The molecule has 0 aliphatic rings. The van der Waals surface area contributed by atoms with Crippen molar-refractivity contribution in [2.75, 3.05) is 6.61 Å². The maximum absolute atomic E-state index is 10.1. The first kappa shape index (κ1) is 9.66. The minimum atomic E-state index is -0.963. The number of nitrogens with one attached hydrogen (secondary N) is 1. The van der Waals surface area contributed by atoms with Crippen molar-refractivity contribution >= 4 is 5.97 Å². The summed E-state index contributed by atoms with van der Waals surface area (Å²) in [5.74, 6) is -0.963. The van der Waals surface area contributed by atoms with Gasteiger partial charge in [-0.3, -0.25) is 5.10 Å². The summed E-state index contributed by atoms with van der Waals surface area (Å²) in [6.07, 6.45) is 2.01. The lowest BCUT2D eigenvalue weighted by Crippen LogP contribution is -2.17. The quantitative estimate of drug-likeness (QED) is 0.665. The summed E-state index contributed by atoms with van der Waals surface area (Å²) in [5, 5.41) is 18.1. The second kappa shape index (κ2) is 4.56. The Morgan fingerprint density at radius 2 is 2.62 bits per heavy atom. The van der Waals surface area contributed by atoms with Gasteiger partial charge in [-0.25, -0.2) is 4.79 Å². The Labute approximate surface area is 74.9 Å². The van der Waals surface area contributed by atoms with Crippen LogP contribution < -0.4 is 0 Å². The summed E-state index contributed by atoms with van der Waals surface area (Å²) >= 11 is 0. The minimum Gasteiger partial charge on any atom is -0.480 e. The zero-order chi connectivity index (χ0) is 9.68. The highest BCUT2D eigenvalue weighted by Gasteiger charge is 2.07. The molecule has 1 atom stereocenters.